The Bertz CT molecular complexity index is 357. The average Bonchev–Trinajstić information content (AvgIpc) is 3.11. The number of hydrogen-bond acceptors (Lipinski definition) is 3. The van der Waals surface area contributed by atoms with Crippen LogP contribution in [-0.4, -0.2) is 30.6 Å². The minimum atomic E-state index is 0.421. The summed E-state index contributed by atoms with van der Waals surface area (Å²) in [6, 6.07) is 5.27. The van der Waals surface area contributed by atoms with E-state index in [1.807, 2.05) is 6.07 Å². The maximum atomic E-state index is 5.55. The van der Waals surface area contributed by atoms with Gasteiger partial charge in [-0.15, -0.1) is 0 Å². The van der Waals surface area contributed by atoms with Crippen LogP contribution in [-0.2, 0) is 0 Å². The molecule has 3 nitrogen and oxygen atoms in total. The molecule has 1 aromatic rings. The van der Waals surface area contributed by atoms with Crippen LogP contribution in [0.2, 0.25) is 0 Å². The van der Waals surface area contributed by atoms with E-state index < -0.39 is 0 Å². The molecule has 3 atom stereocenters. The lowest BCUT2D eigenvalue weighted by Crippen LogP contribution is -2.44. The molecule has 3 heterocycles. The van der Waals surface area contributed by atoms with Gasteiger partial charge in [-0.3, -0.25) is 4.90 Å². The van der Waals surface area contributed by atoms with Crippen LogP contribution < -0.4 is 5.32 Å². The van der Waals surface area contributed by atoms with E-state index in [1.54, 1.807) is 6.26 Å². The fourth-order valence-electron chi connectivity index (χ4n) is 3.54. The molecule has 0 amide bonds. The van der Waals surface area contributed by atoms with Gasteiger partial charge in [-0.25, -0.2) is 0 Å². The highest BCUT2D eigenvalue weighted by Gasteiger charge is 2.31. The van der Waals surface area contributed by atoms with Crippen LogP contribution >= 0.6 is 0 Å². The highest BCUT2D eigenvalue weighted by Crippen LogP contribution is 2.30. The lowest BCUT2D eigenvalue weighted by atomic mass is 9.89. The second-order valence-corrected chi connectivity index (χ2v) is 5.79. The number of furan rings is 1. The second kappa shape index (κ2) is 5.45. The molecule has 3 unspecified atom stereocenters. The molecule has 0 aromatic carbocycles. The molecule has 18 heavy (non-hydrogen) atoms. The van der Waals surface area contributed by atoms with Crippen molar-refractivity contribution in [3.63, 3.8) is 0 Å². The van der Waals surface area contributed by atoms with Crippen LogP contribution in [0, 0.1) is 5.92 Å². The summed E-state index contributed by atoms with van der Waals surface area (Å²) in [6.45, 7) is 5.92. The normalized spacial score (nSPS) is 31.6. The minimum Gasteiger partial charge on any atom is -0.468 e. The summed E-state index contributed by atoms with van der Waals surface area (Å²) in [4.78, 5) is 2.59. The van der Waals surface area contributed by atoms with Crippen LogP contribution in [0.5, 0.6) is 0 Å². The van der Waals surface area contributed by atoms with Gasteiger partial charge in [0, 0.05) is 12.6 Å². The Kier molecular flexibility index (Phi) is 3.71. The molecule has 1 N–H and O–H groups in total. The Balaban J connectivity index is 1.62. The Morgan fingerprint density at radius 1 is 1.39 bits per heavy atom. The van der Waals surface area contributed by atoms with Crippen molar-refractivity contribution in [2.45, 2.75) is 44.7 Å². The van der Waals surface area contributed by atoms with Gasteiger partial charge in [0.2, 0.25) is 0 Å². The molecule has 3 heteroatoms. The first kappa shape index (κ1) is 12.2. The molecule has 2 fully saturated rings. The summed E-state index contributed by atoms with van der Waals surface area (Å²) >= 11 is 0. The number of piperidine rings is 1. The number of hydrogen-bond donors (Lipinski definition) is 1. The monoisotopic (exact) mass is 248 g/mol. The third-order valence-electron chi connectivity index (χ3n) is 4.66. The van der Waals surface area contributed by atoms with Gasteiger partial charge in [0.15, 0.2) is 0 Å². The Labute approximate surface area is 110 Å². The molecule has 3 rings (SSSR count). The van der Waals surface area contributed by atoms with E-state index in [0.29, 0.717) is 6.04 Å². The standard InChI is InChI=1S/C15H24N2O/c1-12(15-7-4-10-18-15)17-9-3-5-13(11-17)14-6-2-8-16-14/h4,7,10,12-14,16H,2-3,5-6,8-9,11H2,1H3. The fourth-order valence-corrected chi connectivity index (χ4v) is 3.54. The zero-order valence-corrected chi connectivity index (χ0v) is 11.3. The topological polar surface area (TPSA) is 28.4 Å². The van der Waals surface area contributed by atoms with Crippen LogP contribution in [0.15, 0.2) is 22.8 Å². The predicted molar refractivity (Wildman–Crippen MR) is 72.4 cm³/mol. The van der Waals surface area contributed by atoms with Crippen molar-refractivity contribution in [3.05, 3.63) is 24.2 Å². The van der Waals surface area contributed by atoms with Crippen molar-refractivity contribution in [1.29, 1.82) is 0 Å². The molecule has 0 aliphatic carbocycles. The smallest absolute Gasteiger partial charge is 0.120 e. The van der Waals surface area contributed by atoms with Gasteiger partial charge in [0.05, 0.1) is 12.3 Å². The zero-order chi connectivity index (χ0) is 12.4. The predicted octanol–water partition coefficient (Wildman–Crippen LogP) is 2.80. The minimum absolute atomic E-state index is 0.421. The zero-order valence-electron chi connectivity index (χ0n) is 11.3. The van der Waals surface area contributed by atoms with E-state index in [9.17, 15) is 0 Å². The van der Waals surface area contributed by atoms with Crippen LogP contribution in [0.1, 0.15) is 44.4 Å². The SMILES string of the molecule is CC(c1ccco1)N1CCCC(C2CCCN2)C1. The van der Waals surface area contributed by atoms with E-state index >= 15 is 0 Å². The number of nitrogens with zero attached hydrogens (tertiary/aromatic N) is 1. The number of rotatable bonds is 3. The summed E-state index contributed by atoms with van der Waals surface area (Å²) in [7, 11) is 0. The molecule has 0 saturated carbocycles. The number of nitrogens with one attached hydrogen (secondary N) is 1. The molecule has 100 valence electrons. The van der Waals surface area contributed by atoms with Crippen molar-refractivity contribution in [3.8, 4) is 0 Å². The highest BCUT2D eigenvalue weighted by atomic mass is 16.3. The summed E-state index contributed by atoms with van der Waals surface area (Å²) in [5, 5.41) is 3.67. The third-order valence-corrected chi connectivity index (χ3v) is 4.66. The van der Waals surface area contributed by atoms with Gasteiger partial charge in [0.1, 0.15) is 5.76 Å². The van der Waals surface area contributed by atoms with Crippen molar-refractivity contribution in [2.75, 3.05) is 19.6 Å². The molecule has 1 aromatic heterocycles. The first-order chi connectivity index (χ1) is 8.84. The molecule has 2 aliphatic rings. The van der Waals surface area contributed by atoms with E-state index in [-0.39, 0.29) is 0 Å². The Morgan fingerprint density at radius 2 is 2.33 bits per heavy atom. The van der Waals surface area contributed by atoms with Gasteiger partial charge < -0.3 is 9.73 Å². The quantitative estimate of drug-likeness (QED) is 0.891. The van der Waals surface area contributed by atoms with E-state index in [0.717, 1.165) is 17.7 Å². The van der Waals surface area contributed by atoms with E-state index in [2.05, 4.69) is 23.2 Å². The van der Waals surface area contributed by atoms with E-state index in [4.69, 9.17) is 4.42 Å². The Hall–Kier alpha value is -0.800. The Morgan fingerprint density at radius 3 is 3.06 bits per heavy atom. The van der Waals surface area contributed by atoms with Gasteiger partial charge in [-0.05, 0) is 63.7 Å². The van der Waals surface area contributed by atoms with E-state index in [1.165, 1.54) is 45.3 Å². The third kappa shape index (κ3) is 2.47. The first-order valence-electron chi connectivity index (χ1n) is 7.35. The van der Waals surface area contributed by atoms with Crippen LogP contribution in [0.4, 0.5) is 0 Å². The molecular formula is C15H24N2O. The van der Waals surface area contributed by atoms with Crippen molar-refractivity contribution in [1.82, 2.24) is 10.2 Å². The average molecular weight is 248 g/mol. The molecule has 2 aliphatic heterocycles. The fraction of sp³-hybridized carbons (Fsp3) is 0.733. The largest absolute Gasteiger partial charge is 0.468 e. The molecule has 0 radical (unpaired) electrons. The summed E-state index contributed by atoms with van der Waals surface area (Å²) < 4.78 is 5.55. The van der Waals surface area contributed by atoms with Crippen LogP contribution in [0.25, 0.3) is 0 Å². The van der Waals surface area contributed by atoms with Gasteiger partial charge >= 0.3 is 0 Å². The summed E-state index contributed by atoms with van der Waals surface area (Å²) in [6.07, 6.45) is 7.22. The molecular weight excluding hydrogens is 224 g/mol. The van der Waals surface area contributed by atoms with Crippen LogP contribution in [0.3, 0.4) is 0 Å². The summed E-state index contributed by atoms with van der Waals surface area (Å²) in [5.74, 6) is 1.94. The summed E-state index contributed by atoms with van der Waals surface area (Å²) in [5.41, 5.74) is 0. The highest BCUT2D eigenvalue weighted by molar-refractivity contribution is 5.04. The van der Waals surface area contributed by atoms with Gasteiger partial charge in [0.25, 0.3) is 0 Å². The second-order valence-electron chi connectivity index (χ2n) is 5.79. The lowest BCUT2D eigenvalue weighted by molar-refractivity contribution is 0.104. The van der Waals surface area contributed by atoms with Crippen molar-refractivity contribution in [2.24, 2.45) is 5.92 Å². The van der Waals surface area contributed by atoms with Crippen molar-refractivity contribution < 1.29 is 4.42 Å². The molecule has 0 bridgehead atoms. The first-order valence-corrected chi connectivity index (χ1v) is 7.35. The van der Waals surface area contributed by atoms with Crippen molar-refractivity contribution >= 4 is 0 Å². The van der Waals surface area contributed by atoms with Gasteiger partial charge in [-0.2, -0.15) is 0 Å². The maximum absolute atomic E-state index is 5.55. The van der Waals surface area contributed by atoms with Gasteiger partial charge in [-0.1, -0.05) is 0 Å². The lowest BCUT2D eigenvalue weighted by Gasteiger charge is -2.38. The maximum Gasteiger partial charge on any atom is 0.120 e. The number of likely N-dealkylation sites (tertiary alicyclic amines) is 1. The molecule has 2 saturated heterocycles. The molecule has 0 spiro atoms.